The second-order valence-electron chi connectivity index (χ2n) is 2.76. The van der Waals surface area contributed by atoms with Crippen molar-refractivity contribution in [3.8, 4) is 0 Å². The fourth-order valence-electron chi connectivity index (χ4n) is 1.19. The van der Waals surface area contributed by atoms with Gasteiger partial charge in [0, 0.05) is 10.8 Å². The average molecular weight is 175 g/mol. The van der Waals surface area contributed by atoms with Crippen molar-refractivity contribution in [1.82, 2.24) is 0 Å². The lowest BCUT2D eigenvalue weighted by atomic mass is 10.2. The molecule has 0 unspecified atom stereocenters. The zero-order chi connectivity index (χ0) is 9.26. The van der Waals surface area contributed by atoms with Crippen LogP contribution in [0.4, 0.5) is 0 Å². The van der Waals surface area contributed by atoms with Crippen LogP contribution in [0.2, 0.25) is 0 Å². The summed E-state index contributed by atoms with van der Waals surface area (Å²) < 4.78 is 5.03. The van der Waals surface area contributed by atoms with Gasteiger partial charge < -0.3 is 10.5 Å². The first-order chi connectivity index (χ1) is 6.27. The molecule has 1 aliphatic heterocycles. The highest BCUT2D eigenvalue weighted by Gasteiger charge is 1.98. The van der Waals surface area contributed by atoms with E-state index in [1.165, 1.54) is 0 Å². The molecule has 4 nitrogen and oxygen atoms in total. The van der Waals surface area contributed by atoms with Gasteiger partial charge in [-0.15, -0.1) is 0 Å². The quantitative estimate of drug-likeness (QED) is 0.438. The van der Waals surface area contributed by atoms with Crippen molar-refractivity contribution in [2.24, 2.45) is 10.7 Å². The average Bonchev–Trinajstić information content (AvgIpc) is 2.17. The van der Waals surface area contributed by atoms with E-state index in [2.05, 4.69) is 4.99 Å². The van der Waals surface area contributed by atoms with Crippen LogP contribution < -0.4 is 16.3 Å². The van der Waals surface area contributed by atoms with E-state index in [0.29, 0.717) is 12.3 Å². The van der Waals surface area contributed by atoms with Gasteiger partial charge in [0.05, 0.1) is 11.6 Å². The number of nitrogens with one attached hydrogen (secondary N) is 1. The second kappa shape index (κ2) is 2.90. The lowest BCUT2D eigenvalue weighted by Gasteiger charge is -2.03. The molecule has 1 heterocycles. The van der Waals surface area contributed by atoms with E-state index in [0.717, 1.165) is 10.6 Å². The number of benzene rings is 1. The molecule has 1 aliphatic rings. The number of nitrogens with two attached hydrogens (primary N) is 1. The van der Waals surface area contributed by atoms with Crippen molar-refractivity contribution in [2.45, 2.75) is 0 Å². The first-order valence-corrected chi connectivity index (χ1v) is 3.88. The Balaban J connectivity index is 2.67. The first-order valence-electron chi connectivity index (χ1n) is 3.88. The molecule has 13 heavy (non-hydrogen) atoms. The molecule has 0 fully saturated rings. The number of nitrogen functional groups attached to an aromatic ring is 1. The van der Waals surface area contributed by atoms with Crippen molar-refractivity contribution in [3.63, 3.8) is 0 Å². The van der Waals surface area contributed by atoms with Crippen molar-refractivity contribution in [1.29, 1.82) is 5.41 Å². The third kappa shape index (κ3) is 1.38. The summed E-state index contributed by atoms with van der Waals surface area (Å²) in [5.74, 6) is 0.0572. The van der Waals surface area contributed by atoms with E-state index >= 15 is 0 Å². The van der Waals surface area contributed by atoms with Crippen LogP contribution in [0.25, 0.3) is 6.26 Å². The van der Waals surface area contributed by atoms with Crippen LogP contribution in [-0.4, -0.2) is 12.6 Å². The Labute approximate surface area is 74.9 Å². The summed E-state index contributed by atoms with van der Waals surface area (Å²) in [5, 5.41) is 9.00. The van der Waals surface area contributed by atoms with Crippen LogP contribution in [-0.2, 0) is 4.74 Å². The molecule has 4 heteroatoms. The fraction of sp³-hybridized carbons (Fsp3) is 0.111. The Morgan fingerprint density at radius 3 is 3.15 bits per heavy atom. The summed E-state index contributed by atoms with van der Waals surface area (Å²) in [6, 6.07) is 5.41. The number of fused-ring (bicyclic) bond motifs is 1. The van der Waals surface area contributed by atoms with Gasteiger partial charge in [0.25, 0.3) is 0 Å². The number of hydrogen-bond acceptors (Lipinski definition) is 3. The zero-order valence-electron chi connectivity index (χ0n) is 6.95. The number of amidine groups is 1. The molecule has 0 spiro atoms. The minimum atomic E-state index is 0.0572. The van der Waals surface area contributed by atoms with E-state index in [1.54, 1.807) is 18.4 Å². The van der Waals surface area contributed by atoms with Crippen LogP contribution in [0.15, 0.2) is 23.2 Å². The maximum absolute atomic E-state index is 7.25. The van der Waals surface area contributed by atoms with E-state index in [1.807, 2.05) is 6.07 Å². The van der Waals surface area contributed by atoms with Crippen LogP contribution in [0, 0.1) is 5.41 Å². The van der Waals surface area contributed by atoms with Gasteiger partial charge >= 0.3 is 0 Å². The maximum Gasteiger partial charge on any atom is 0.178 e. The summed E-state index contributed by atoms with van der Waals surface area (Å²) in [6.45, 7) is 0.367. The van der Waals surface area contributed by atoms with Gasteiger partial charge in [0.1, 0.15) is 5.84 Å². The molecule has 0 radical (unpaired) electrons. The van der Waals surface area contributed by atoms with Crippen LogP contribution in [0.3, 0.4) is 0 Å². The van der Waals surface area contributed by atoms with Crippen molar-refractivity contribution >= 4 is 12.1 Å². The zero-order valence-corrected chi connectivity index (χ0v) is 6.95. The molecular weight excluding hydrogens is 166 g/mol. The van der Waals surface area contributed by atoms with Crippen molar-refractivity contribution < 1.29 is 4.74 Å². The monoisotopic (exact) mass is 175 g/mol. The first kappa shape index (κ1) is 7.79. The van der Waals surface area contributed by atoms with Crippen LogP contribution in [0.5, 0.6) is 0 Å². The molecule has 0 bridgehead atoms. The van der Waals surface area contributed by atoms with E-state index in [4.69, 9.17) is 15.9 Å². The van der Waals surface area contributed by atoms with Gasteiger partial charge in [-0.3, -0.25) is 5.41 Å². The largest absolute Gasteiger partial charge is 0.478 e. The van der Waals surface area contributed by atoms with Gasteiger partial charge in [0.2, 0.25) is 0 Å². The van der Waals surface area contributed by atoms with E-state index in [9.17, 15) is 0 Å². The number of nitrogens with zero attached hydrogens (tertiary/aromatic N) is 1. The molecule has 2 rings (SSSR count). The summed E-state index contributed by atoms with van der Waals surface area (Å²) in [5.41, 5.74) is 6.04. The van der Waals surface area contributed by atoms with Crippen LogP contribution >= 0.6 is 0 Å². The Hall–Kier alpha value is -1.84. The molecule has 1 aromatic rings. The minimum absolute atomic E-state index is 0.0572. The molecule has 0 amide bonds. The highest BCUT2D eigenvalue weighted by molar-refractivity contribution is 5.94. The van der Waals surface area contributed by atoms with Gasteiger partial charge in [-0.05, 0) is 18.2 Å². The summed E-state index contributed by atoms with van der Waals surface area (Å²) >= 11 is 0. The summed E-state index contributed by atoms with van der Waals surface area (Å²) in [4.78, 5) is 4.13. The third-order valence-corrected chi connectivity index (χ3v) is 1.86. The number of rotatable bonds is 1. The highest BCUT2D eigenvalue weighted by Crippen LogP contribution is 1.91. The molecule has 66 valence electrons. The molecule has 0 atom stereocenters. The molecule has 0 saturated carbocycles. The highest BCUT2D eigenvalue weighted by atomic mass is 16.5. The van der Waals surface area contributed by atoms with Crippen molar-refractivity contribution in [3.05, 3.63) is 34.3 Å². The van der Waals surface area contributed by atoms with Gasteiger partial charge in [-0.2, -0.15) is 0 Å². The van der Waals surface area contributed by atoms with Crippen molar-refractivity contribution in [2.75, 3.05) is 6.73 Å². The number of hydrogen-bond donors (Lipinski definition) is 2. The van der Waals surface area contributed by atoms with E-state index in [-0.39, 0.29) is 5.84 Å². The third-order valence-electron chi connectivity index (χ3n) is 1.86. The lowest BCUT2D eigenvalue weighted by Crippen LogP contribution is -2.30. The number of ether oxygens (including phenoxy) is 1. The maximum atomic E-state index is 7.25. The Morgan fingerprint density at radius 1 is 1.54 bits per heavy atom. The fourth-order valence-corrected chi connectivity index (χ4v) is 1.19. The predicted octanol–water partition coefficient (Wildman–Crippen LogP) is -0.684. The molecule has 0 aromatic heterocycles. The topological polar surface area (TPSA) is 71.5 Å². The second-order valence-corrected chi connectivity index (χ2v) is 2.76. The minimum Gasteiger partial charge on any atom is -0.478 e. The summed E-state index contributed by atoms with van der Waals surface area (Å²) in [7, 11) is 0. The Kier molecular flexibility index (Phi) is 1.73. The predicted molar refractivity (Wildman–Crippen MR) is 48.7 cm³/mol. The normalized spacial score (nSPS) is 13.2. The standard InChI is InChI=1S/C9H9N3O/c10-9(11)6-1-2-8-7(3-6)4-13-5-12-8/h1-4H,5H2,(H3,10,11). The molecule has 3 N–H and O–H groups in total. The molecular formula is C9H9N3O. The molecule has 1 aromatic carbocycles. The lowest BCUT2D eigenvalue weighted by molar-refractivity contribution is 0.296. The molecule has 0 aliphatic carbocycles. The van der Waals surface area contributed by atoms with Gasteiger partial charge in [-0.25, -0.2) is 4.99 Å². The molecule has 0 saturated heterocycles. The summed E-state index contributed by atoms with van der Waals surface area (Å²) in [6.07, 6.45) is 1.63. The van der Waals surface area contributed by atoms with Gasteiger partial charge in [-0.1, -0.05) is 0 Å². The Bertz CT molecular complexity index is 464. The smallest absolute Gasteiger partial charge is 0.178 e. The van der Waals surface area contributed by atoms with E-state index < -0.39 is 0 Å². The van der Waals surface area contributed by atoms with Crippen LogP contribution in [0.1, 0.15) is 5.56 Å². The Morgan fingerprint density at radius 2 is 2.38 bits per heavy atom. The van der Waals surface area contributed by atoms with Gasteiger partial charge in [0.15, 0.2) is 6.73 Å². The SMILES string of the molecule is N=C(N)c1ccc2c(c1)=COCN=2.